The zero-order valence-electron chi connectivity index (χ0n) is 23.8. The third kappa shape index (κ3) is 6.29. The van der Waals surface area contributed by atoms with Gasteiger partial charge in [0.1, 0.15) is 24.0 Å². The second-order valence-electron chi connectivity index (χ2n) is 10.7. The van der Waals surface area contributed by atoms with Crippen molar-refractivity contribution in [1.29, 1.82) is 0 Å². The first-order valence-electron chi connectivity index (χ1n) is 13.5. The van der Waals surface area contributed by atoms with Gasteiger partial charge in [-0.15, -0.1) is 0 Å². The van der Waals surface area contributed by atoms with E-state index in [4.69, 9.17) is 18.5 Å². The molecule has 5 rings (SSSR count). The van der Waals surface area contributed by atoms with Gasteiger partial charge in [-0.1, -0.05) is 18.2 Å². The van der Waals surface area contributed by atoms with E-state index in [1.165, 1.54) is 6.92 Å². The lowest BCUT2D eigenvalue weighted by molar-refractivity contribution is -0.149. The van der Waals surface area contributed by atoms with Crippen LogP contribution < -0.4 is 20.9 Å². The number of fused-ring (bicyclic) bond motifs is 3. The Morgan fingerprint density at radius 1 is 1.14 bits per heavy atom. The number of carbonyl (C=O) groups is 1. The molecule has 2 aromatic heterocycles. The fourth-order valence-corrected chi connectivity index (χ4v) is 6.37. The van der Waals surface area contributed by atoms with Crippen LogP contribution in [-0.2, 0) is 23.4 Å². The van der Waals surface area contributed by atoms with Gasteiger partial charge in [-0.3, -0.25) is 23.7 Å². The molecular formula is C28H32FN4O9P. The molecule has 0 spiro atoms. The van der Waals surface area contributed by atoms with E-state index >= 15 is 4.39 Å². The van der Waals surface area contributed by atoms with Crippen LogP contribution >= 0.6 is 7.75 Å². The van der Waals surface area contributed by atoms with E-state index in [0.29, 0.717) is 0 Å². The Morgan fingerprint density at radius 3 is 2.58 bits per heavy atom. The number of para-hydroxylation sites is 1. The van der Waals surface area contributed by atoms with E-state index < -0.39 is 67.8 Å². The highest BCUT2D eigenvalue weighted by atomic mass is 31.2. The van der Waals surface area contributed by atoms with E-state index in [9.17, 15) is 24.1 Å². The number of alkyl halides is 1. The molecule has 0 radical (unpaired) electrons. The number of benzene rings is 2. The first-order valence-corrected chi connectivity index (χ1v) is 15.1. The number of H-pyrrole nitrogens is 2. The monoisotopic (exact) mass is 618 g/mol. The van der Waals surface area contributed by atoms with E-state index in [1.807, 2.05) is 29.2 Å². The van der Waals surface area contributed by atoms with Crippen molar-refractivity contribution in [3.05, 3.63) is 75.6 Å². The molecule has 2 aromatic carbocycles. The normalized spacial score (nSPS) is 24.3. The molecule has 1 unspecified atom stereocenters. The Hall–Kier alpha value is -3.81. The molecule has 15 heteroatoms. The lowest BCUT2D eigenvalue weighted by atomic mass is 9.98. The molecule has 0 aliphatic carbocycles. The van der Waals surface area contributed by atoms with Crippen LogP contribution in [0.3, 0.4) is 0 Å². The van der Waals surface area contributed by atoms with Crippen LogP contribution in [0.4, 0.5) is 4.39 Å². The van der Waals surface area contributed by atoms with Crippen molar-refractivity contribution in [3.63, 3.8) is 0 Å². The molecule has 1 aliphatic rings. The molecule has 4 N–H and O–H groups in total. The lowest BCUT2D eigenvalue weighted by Gasteiger charge is -2.25. The summed E-state index contributed by atoms with van der Waals surface area (Å²) in [5, 5.41) is 15.0. The maximum Gasteiger partial charge on any atom is 0.459 e. The number of esters is 1. The first kappa shape index (κ1) is 30.6. The number of nitrogens with zero attached hydrogens (tertiary/aromatic N) is 1. The van der Waals surface area contributed by atoms with E-state index in [-0.39, 0.29) is 5.75 Å². The van der Waals surface area contributed by atoms with E-state index in [0.717, 1.165) is 45.6 Å². The van der Waals surface area contributed by atoms with Gasteiger partial charge in [-0.25, -0.2) is 13.8 Å². The number of aromatic amines is 2. The van der Waals surface area contributed by atoms with Crippen LogP contribution in [0.25, 0.3) is 21.8 Å². The fourth-order valence-electron chi connectivity index (χ4n) is 4.87. The fraction of sp³-hybridized carbons (Fsp3) is 0.393. The SMILES string of the molecule is CC(C)OC(=O)[C@H](C)NP(=O)(OC[C@H]1O[C@@H](n2ccc(=O)[nH]c2=O)[C@](C)(F)[C@@H]1O)Oc1ccc2[nH]c3ccccc3c2c1. The number of carbonyl (C=O) groups excluding carboxylic acids is 1. The molecule has 13 nitrogen and oxygen atoms in total. The van der Waals surface area contributed by atoms with Crippen molar-refractivity contribution < 1.29 is 37.4 Å². The van der Waals surface area contributed by atoms with Crippen molar-refractivity contribution in [1.82, 2.24) is 19.6 Å². The van der Waals surface area contributed by atoms with Crippen LogP contribution in [0.15, 0.2) is 64.3 Å². The second-order valence-corrected chi connectivity index (χ2v) is 12.4. The summed E-state index contributed by atoms with van der Waals surface area (Å²) in [6, 6.07) is 12.4. The molecule has 1 aliphatic heterocycles. The average Bonchev–Trinajstić information content (AvgIpc) is 3.41. The number of hydrogen-bond acceptors (Lipinski definition) is 9. The molecule has 43 heavy (non-hydrogen) atoms. The molecule has 230 valence electrons. The van der Waals surface area contributed by atoms with Gasteiger partial charge >= 0.3 is 19.4 Å². The molecule has 0 amide bonds. The summed E-state index contributed by atoms with van der Waals surface area (Å²) in [6.07, 6.45) is -4.31. The van der Waals surface area contributed by atoms with Crippen molar-refractivity contribution in [2.45, 2.75) is 63.9 Å². The minimum Gasteiger partial charge on any atom is -0.462 e. The van der Waals surface area contributed by atoms with Crippen molar-refractivity contribution in [3.8, 4) is 5.75 Å². The minimum absolute atomic E-state index is 0.137. The van der Waals surface area contributed by atoms with Gasteiger partial charge in [0.2, 0.25) is 0 Å². The van der Waals surface area contributed by atoms with Crippen molar-refractivity contribution in [2.24, 2.45) is 0 Å². The Kier molecular flexibility index (Phi) is 8.34. The van der Waals surface area contributed by atoms with Crippen molar-refractivity contribution >= 4 is 35.5 Å². The second kappa shape index (κ2) is 11.7. The summed E-state index contributed by atoms with van der Waals surface area (Å²) in [7, 11) is -4.43. The van der Waals surface area contributed by atoms with Crippen LogP contribution in [0.2, 0.25) is 0 Å². The van der Waals surface area contributed by atoms with Gasteiger partial charge in [-0.2, -0.15) is 5.09 Å². The number of halogens is 1. The quantitative estimate of drug-likeness (QED) is 0.153. The summed E-state index contributed by atoms with van der Waals surface area (Å²) < 4.78 is 52.8. The largest absolute Gasteiger partial charge is 0.462 e. The van der Waals surface area contributed by atoms with Crippen LogP contribution in [0.1, 0.15) is 33.9 Å². The average molecular weight is 619 g/mol. The van der Waals surface area contributed by atoms with Gasteiger partial charge in [-0.05, 0) is 52.0 Å². The van der Waals surface area contributed by atoms with Gasteiger partial charge < -0.3 is 24.1 Å². The molecule has 6 atom stereocenters. The maximum absolute atomic E-state index is 15.7. The number of ether oxygens (including phenoxy) is 2. The number of aliphatic hydroxyl groups is 1. The summed E-state index contributed by atoms with van der Waals surface area (Å²) in [5.74, 6) is -0.584. The standard InChI is InChI=1S/C28H32FN4O9P/c1-15(2)40-25(36)16(3)32-43(38,42-17-9-10-21-19(13-17)18-7-5-6-8-20(18)30-21)39-14-22-24(35)28(4,29)26(41-22)33-12-11-23(34)31-27(33)37/h5-13,15-16,22,24,26,30,35H,14H2,1-4H3,(H,32,38)(H,31,34,37)/t16-,22+,24+,26+,28+,43?/m0/s1. The first-order chi connectivity index (χ1) is 20.3. The highest BCUT2D eigenvalue weighted by molar-refractivity contribution is 7.52. The molecule has 4 aromatic rings. The third-order valence-corrected chi connectivity index (χ3v) is 8.63. The molecule has 1 fully saturated rings. The molecule has 0 saturated carbocycles. The van der Waals surface area contributed by atoms with Crippen LogP contribution in [0, 0.1) is 0 Å². The van der Waals surface area contributed by atoms with E-state index in [1.54, 1.807) is 32.0 Å². The topological polar surface area (TPSA) is 174 Å². The number of aliphatic hydroxyl groups excluding tert-OH is 1. The smallest absolute Gasteiger partial charge is 0.459 e. The number of aromatic nitrogens is 3. The number of rotatable bonds is 10. The zero-order chi connectivity index (χ0) is 31.1. The Bertz CT molecular complexity index is 1820. The Balaban J connectivity index is 1.41. The Labute approximate surface area is 244 Å². The Morgan fingerprint density at radius 2 is 1.86 bits per heavy atom. The van der Waals surface area contributed by atoms with Crippen LogP contribution in [-0.4, -0.2) is 62.2 Å². The predicted molar refractivity (Wildman–Crippen MR) is 155 cm³/mol. The molecule has 1 saturated heterocycles. The minimum atomic E-state index is -4.43. The van der Waals surface area contributed by atoms with Gasteiger partial charge in [0, 0.05) is 34.1 Å². The number of nitrogens with one attached hydrogen (secondary N) is 3. The van der Waals surface area contributed by atoms with Gasteiger partial charge in [0.15, 0.2) is 11.9 Å². The van der Waals surface area contributed by atoms with Gasteiger partial charge in [0.25, 0.3) is 5.56 Å². The maximum atomic E-state index is 15.7. The lowest BCUT2D eigenvalue weighted by Crippen LogP contribution is -2.43. The third-order valence-electron chi connectivity index (χ3n) is 6.99. The van der Waals surface area contributed by atoms with Crippen molar-refractivity contribution in [2.75, 3.05) is 6.61 Å². The van der Waals surface area contributed by atoms with Crippen LogP contribution in [0.5, 0.6) is 5.75 Å². The number of hydrogen-bond donors (Lipinski definition) is 4. The summed E-state index contributed by atoms with van der Waals surface area (Å²) >= 11 is 0. The van der Waals surface area contributed by atoms with E-state index in [2.05, 4.69) is 10.1 Å². The zero-order valence-corrected chi connectivity index (χ0v) is 24.7. The molecule has 3 heterocycles. The highest BCUT2D eigenvalue weighted by Crippen LogP contribution is 2.48. The van der Waals surface area contributed by atoms with Gasteiger partial charge in [0.05, 0.1) is 12.7 Å². The summed E-state index contributed by atoms with van der Waals surface area (Å²) in [5.41, 5.74) is -2.46. The summed E-state index contributed by atoms with van der Waals surface area (Å²) in [6.45, 7) is 5.08. The summed E-state index contributed by atoms with van der Waals surface area (Å²) in [4.78, 5) is 41.6. The predicted octanol–water partition coefficient (Wildman–Crippen LogP) is 3.29. The molecular weight excluding hydrogens is 586 g/mol. The molecule has 0 bridgehead atoms. The highest BCUT2D eigenvalue weighted by Gasteiger charge is 2.56.